The van der Waals surface area contributed by atoms with Crippen LogP contribution in [0.25, 0.3) is 21.7 Å². The van der Waals surface area contributed by atoms with Gasteiger partial charge in [-0.2, -0.15) is 4.98 Å². The van der Waals surface area contributed by atoms with Gasteiger partial charge >= 0.3 is 0 Å². The summed E-state index contributed by atoms with van der Waals surface area (Å²) in [6, 6.07) is 18.2. The highest BCUT2D eigenvalue weighted by Gasteiger charge is 2.15. The maximum absolute atomic E-state index is 13.1. The molecule has 0 spiro atoms. The van der Waals surface area contributed by atoms with E-state index in [1.807, 2.05) is 36.4 Å². The Kier molecular flexibility index (Phi) is 6.42. The van der Waals surface area contributed by atoms with Crippen molar-refractivity contribution in [1.29, 1.82) is 0 Å². The summed E-state index contributed by atoms with van der Waals surface area (Å²) in [5, 5.41) is 5.14. The maximum atomic E-state index is 13.1. The molecule has 0 unspecified atom stereocenters. The number of hydrogen-bond donors (Lipinski definition) is 1. The predicted octanol–water partition coefficient (Wildman–Crippen LogP) is 5.56. The number of rotatable bonds is 7. The Morgan fingerprint density at radius 1 is 0.811 bits per heavy atom. The van der Waals surface area contributed by atoms with Gasteiger partial charge in [0.05, 0.1) is 26.8 Å². The quantitative estimate of drug-likeness (QED) is 0.312. The van der Waals surface area contributed by atoms with Gasteiger partial charge in [-0.25, -0.2) is 4.98 Å². The van der Waals surface area contributed by atoms with Crippen molar-refractivity contribution in [2.75, 3.05) is 26.6 Å². The summed E-state index contributed by atoms with van der Waals surface area (Å²) in [4.78, 5) is 26.0. The van der Waals surface area contributed by atoms with Crippen LogP contribution in [-0.4, -0.2) is 42.2 Å². The summed E-state index contributed by atoms with van der Waals surface area (Å²) >= 11 is 0. The lowest BCUT2D eigenvalue weighted by molar-refractivity contribution is 0.102. The molecule has 5 aromatic rings. The lowest BCUT2D eigenvalue weighted by Crippen LogP contribution is -2.15. The summed E-state index contributed by atoms with van der Waals surface area (Å²) in [5.74, 6) is 2.62. The van der Waals surface area contributed by atoms with Gasteiger partial charge in [0.1, 0.15) is 11.5 Å². The summed E-state index contributed by atoms with van der Waals surface area (Å²) < 4.78 is 22.2. The Morgan fingerprint density at radius 2 is 1.62 bits per heavy atom. The Morgan fingerprint density at radius 3 is 2.41 bits per heavy atom. The first-order valence-corrected chi connectivity index (χ1v) is 11.4. The van der Waals surface area contributed by atoms with E-state index in [1.54, 1.807) is 51.6 Å². The van der Waals surface area contributed by atoms with Crippen LogP contribution in [0, 0.1) is 6.92 Å². The summed E-state index contributed by atoms with van der Waals surface area (Å²) in [7, 11) is 4.68. The summed E-state index contributed by atoms with van der Waals surface area (Å²) in [5.41, 5.74) is 1.88. The zero-order valence-corrected chi connectivity index (χ0v) is 20.7. The molecule has 0 atom stereocenters. The number of anilines is 1. The molecule has 0 saturated heterocycles. The molecule has 0 aliphatic carbocycles. The van der Waals surface area contributed by atoms with Crippen molar-refractivity contribution in [2.24, 2.45) is 0 Å². The lowest BCUT2D eigenvalue weighted by Gasteiger charge is -2.13. The van der Waals surface area contributed by atoms with Gasteiger partial charge in [0.2, 0.25) is 11.8 Å². The predicted molar refractivity (Wildman–Crippen MR) is 140 cm³/mol. The fourth-order valence-corrected chi connectivity index (χ4v) is 4.06. The van der Waals surface area contributed by atoms with Gasteiger partial charge in [-0.3, -0.25) is 15.1 Å². The van der Waals surface area contributed by atoms with E-state index in [4.69, 9.17) is 18.9 Å². The minimum Gasteiger partial charge on any atom is -0.493 e. The number of carbonyl (C=O) groups excluding carboxylic acids is 1. The van der Waals surface area contributed by atoms with E-state index < -0.39 is 0 Å². The van der Waals surface area contributed by atoms with Crippen LogP contribution in [-0.2, 0) is 0 Å². The van der Waals surface area contributed by atoms with Crippen LogP contribution >= 0.6 is 0 Å². The number of hydrogen-bond acceptors (Lipinski definition) is 8. The number of nitrogens with one attached hydrogen (secondary N) is 1. The van der Waals surface area contributed by atoms with Crippen LogP contribution in [0.5, 0.6) is 28.9 Å². The number of aryl methyl sites for hydroxylation is 1. The maximum Gasteiger partial charge on any atom is 0.258 e. The van der Waals surface area contributed by atoms with Gasteiger partial charge in [-0.15, -0.1) is 0 Å². The zero-order valence-electron chi connectivity index (χ0n) is 20.7. The normalized spacial score (nSPS) is 10.8. The van der Waals surface area contributed by atoms with Crippen LogP contribution in [0.4, 0.5) is 5.95 Å². The first kappa shape index (κ1) is 23.8. The highest BCUT2D eigenvalue weighted by Crippen LogP contribution is 2.37. The molecule has 37 heavy (non-hydrogen) atoms. The largest absolute Gasteiger partial charge is 0.493 e. The molecule has 9 heteroatoms. The van der Waals surface area contributed by atoms with Gasteiger partial charge in [0.15, 0.2) is 11.5 Å². The number of carbonyl (C=O) groups is 1. The van der Waals surface area contributed by atoms with Gasteiger partial charge < -0.3 is 18.9 Å². The van der Waals surface area contributed by atoms with E-state index in [-0.39, 0.29) is 11.9 Å². The number of ether oxygens (including phenoxy) is 4. The van der Waals surface area contributed by atoms with Gasteiger partial charge in [0, 0.05) is 35.0 Å². The third-order valence-corrected chi connectivity index (χ3v) is 5.80. The first-order valence-electron chi connectivity index (χ1n) is 11.4. The van der Waals surface area contributed by atoms with Crippen molar-refractivity contribution < 1.29 is 23.7 Å². The number of pyridine rings is 1. The minimum atomic E-state index is -0.326. The Balaban J connectivity index is 1.46. The fourth-order valence-electron chi connectivity index (χ4n) is 4.06. The molecule has 2 aromatic heterocycles. The molecule has 0 aliphatic heterocycles. The highest BCUT2D eigenvalue weighted by molar-refractivity contribution is 6.12. The molecular formula is C28H24N4O5. The first-order chi connectivity index (χ1) is 18.0. The molecule has 1 amide bonds. The SMILES string of the molecule is COc1cc(C)nc(NC(=O)c2cccc3cc(Oc4ccnc5cc(OC)c(OC)cc45)ccc23)n1. The molecule has 0 saturated carbocycles. The molecular weight excluding hydrogens is 472 g/mol. The van der Waals surface area contributed by atoms with E-state index in [2.05, 4.69) is 20.3 Å². The van der Waals surface area contributed by atoms with E-state index in [9.17, 15) is 4.79 Å². The molecule has 5 rings (SSSR count). The number of benzene rings is 3. The van der Waals surface area contributed by atoms with Crippen LogP contribution in [0.1, 0.15) is 16.1 Å². The average Bonchev–Trinajstić information content (AvgIpc) is 2.91. The second-order valence-corrected chi connectivity index (χ2v) is 8.15. The van der Waals surface area contributed by atoms with E-state index in [1.165, 1.54) is 7.11 Å². The highest BCUT2D eigenvalue weighted by atomic mass is 16.5. The number of amides is 1. The Bertz CT molecular complexity index is 1640. The molecule has 0 aliphatic rings. The van der Waals surface area contributed by atoms with Crippen LogP contribution in [0.3, 0.4) is 0 Å². The second kappa shape index (κ2) is 9.98. The Labute approximate surface area is 213 Å². The van der Waals surface area contributed by atoms with Crippen LogP contribution < -0.4 is 24.3 Å². The molecule has 1 N–H and O–H groups in total. The number of aromatic nitrogens is 3. The molecule has 3 aromatic carbocycles. The molecule has 186 valence electrons. The fraction of sp³-hybridized carbons (Fsp3) is 0.143. The van der Waals surface area contributed by atoms with Crippen molar-refractivity contribution in [3.63, 3.8) is 0 Å². The molecule has 9 nitrogen and oxygen atoms in total. The minimum absolute atomic E-state index is 0.176. The zero-order chi connectivity index (χ0) is 25.9. The van der Waals surface area contributed by atoms with Crippen LogP contribution in [0.15, 0.2) is 66.9 Å². The van der Waals surface area contributed by atoms with E-state index in [0.717, 1.165) is 16.2 Å². The molecule has 0 radical (unpaired) electrons. The van der Waals surface area contributed by atoms with Crippen LogP contribution in [0.2, 0.25) is 0 Å². The van der Waals surface area contributed by atoms with Gasteiger partial charge in [-0.05, 0) is 54.1 Å². The molecule has 0 fully saturated rings. The Hall–Kier alpha value is -4.92. The summed E-state index contributed by atoms with van der Waals surface area (Å²) in [6.45, 7) is 1.80. The van der Waals surface area contributed by atoms with Crippen molar-refractivity contribution in [2.45, 2.75) is 6.92 Å². The lowest BCUT2D eigenvalue weighted by atomic mass is 10.0. The topological polar surface area (TPSA) is 105 Å². The monoisotopic (exact) mass is 496 g/mol. The third kappa shape index (κ3) is 4.79. The average molecular weight is 497 g/mol. The third-order valence-electron chi connectivity index (χ3n) is 5.80. The number of fused-ring (bicyclic) bond motifs is 2. The van der Waals surface area contributed by atoms with E-state index >= 15 is 0 Å². The number of methoxy groups -OCH3 is 3. The number of nitrogens with zero attached hydrogens (tertiary/aromatic N) is 3. The van der Waals surface area contributed by atoms with Gasteiger partial charge in [-0.1, -0.05) is 12.1 Å². The van der Waals surface area contributed by atoms with Crippen molar-refractivity contribution >= 4 is 33.5 Å². The summed E-state index contributed by atoms with van der Waals surface area (Å²) in [6.07, 6.45) is 1.68. The van der Waals surface area contributed by atoms with Crippen molar-refractivity contribution in [1.82, 2.24) is 15.0 Å². The van der Waals surface area contributed by atoms with Crippen molar-refractivity contribution in [3.8, 4) is 28.9 Å². The van der Waals surface area contributed by atoms with E-state index in [0.29, 0.717) is 45.7 Å². The smallest absolute Gasteiger partial charge is 0.258 e. The second-order valence-electron chi connectivity index (χ2n) is 8.15. The standard InChI is InChI=1S/C28H24N4O5/c1-16-12-26(36-4)31-28(30-16)32-27(33)20-7-5-6-17-13-18(8-9-19(17)20)37-23-10-11-29-22-15-25(35-3)24(34-2)14-21(22)23/h5-15H,1-4H3,(H,30,31,32,33). The van der Waals surface area contributed by atoms with Gasteiger partial charge in [0.25, 0.3) is 5.91 Å². The van der Waals surface area contributed by atoms with Crippen molar-refractivity contribution in [3.05, 3.63) is 78.1 Å². The molecule has 2 heterocycles. The molecule has 0 bridgehead atoms.